The number of benzene rings is 2. The summed E-state index contributed by atoms with van der Waals surface area (Å²) in [6.45, 7) is 0. The summed E-state index contributed by atoms with van der Waals surface area (Å²) in [7, 11) is 5.01. The molecule has 0 heterocycles. The van der Waals surface area contributed by atoms with E-state index < -0.39 is 36.1 Å². The van der Waals surface area contributed by atoms with Gasteiger partial charge in [-0.1, -0.05) is 12.1 Å². The molecule has 182 valence electrons. The first-order valence-electron chi connectivity index (χ1n) is 9.49. The van der Waals surface area contributed by atoms with Gasteiger partial charge < -0.3 is 38.6 Å². The standard InChI is InChI=1S/C22H22O12/c1-29-11-7-5-8-12(30-2)15(11)21(27)33-17(19(23)24)18(20(25)26)34-22(28)16-13(31-3)9-6-10-14(16)32-4/h5-10,17-18H,1-4H3,(H,23,24)(H,25,26)/t17-,18-/m1/s1. The van der Waals surface area contributed by atoms with Crippen LogP contribution in [0.15, 0.2) is 36.4 Å². The maximum Gasteiger partial charge on any atom is 0.349 e. The second kappa shape index (κ2) is 11.4. The minimum atomic E-state index is -2.43. The zero-order valence-electron chi connectivity index (χ0n) is 18.6. The fraction of sp³-hybridized carbons (Fsp3) is 0.273. The lowest BCUT2D eigenvalue weighted by atomic mass is 10.1. The number of rotatable bonds is 11. The van der Waals surface area contributed by atoms with Crippen molar-refractivity contribution < 1.29 is 57.8 Å². The fourth-order valence-electron chi connectivity index (χ4n) is 2.94. The minimum absolute atomic E-state index is 0.0175. The lowest BCUT2D eigenvalue weighted by molar-refractivity contribution is -0.166. The molecule has 0 bridgehead atoms. The molecule has 2 aromatic carbocycles. The van der Waals surface area contributed by atoms with Gasteiger partial charge >= 0.3 is 23.9 Å². The summed E-state index contributed by atoms with van der Waals surface area (Å²) in [5, 5.41) is 19.2. The number of carboxylic acid groups (broad SMARTS) is 2. The summed E-state index contributed by atoms with van der Waals surface area (Å²) in [6, 6.07) is 8.56. The Kier molecular flexibility index (Phi) is 8.65. The normalized spacial score (nSPS) is 12.0. The molecule has 2 rings (SSSR count). The Balaban J connectivity index is 2.42. The van der Waals surface area contributed by atoms with Crippen LogP contribution >= 0.6 is 0 Å². The van der Waals surface area contributed by atoms with Crippen LogP contribution < -0.4 is 18.9 Å². The molecule has 0 aliphatic heterocycles. The van der Waals surface area contributed by atoms with Gasteiger partial charge in [-0.25, -0.2) is 19.2 Å². The minimum Gasteiger partial charge on any atom is -0.496 e. The van der Waals surface area contributed by atoms with Crippen LogP contribution in [0.5, 0.6) is 23.0 Å². The predicted octanol–water partition coefficient (Wildman–Crippen LogP) is 1.64. The third kappa shape index (κ3) is 5.46. The van der Waals surface area contributed by atoms with Crippen molar-refractivity contribution >= 4 is 23.9 Å². The first-order valence-corrected chi connectivity index (χ1v) is 9.49. The van der Waals surface area contributed by atoms with Crippen molar-refractivity contribution in [2.45, 2.75) is 12.2 Å². The summed E-state index contributed by atoms with van der Waals surface area (Å²) in [5.74, 6) is -6.39. The molecule has 0 unspecified atom stereocenters. The molecule has 0 fully saturated rings. The van der Waals surface area contributed by atoms with E-state index in [2.05, 4.69) is 0 Å². The number of aliphatic carboxylic acids is 2. The Morgan fingerprint density at radius 3 is 1.06 bits per heavy atom. The van der Waals surface area contributed by atoms with Gasteiger partial charge in [-0.3, -0.25) is 0 Å². The van der Waals surface area contributed by atoms with E-state index >= 15 is 0 Å². The molecule has 0 aromatic heterocycles. The van der Waals surface area contributed by atoms with Crippen molar-refractivity contribution in [3.8, 4) is 23.0 Å². The molecule has 0 amide bonds. The van der Waals surface area contributed by atoms with Crippen molar-refractivity contribution in [2.24, 2.45) is 0 Å². The van der Waals surface area contributed by atoms with E-state index in [1.807, 2.05) is 0 Å². The summed E-state index contributed by atoms with van der Waals surface area (Å²) in [4.78, 5) is 49.3. The van der Waals surface area contributed by atoms with Gasteiger partial charge in [0.05, 0.1) is 28.4 Å². The fourth-order valence-corrected chi connectivity index (χ4v) is 2.94. The van der Waals surface area contributed by atoms with Crippen LogP contribution in [-0.4, -0.2) is 74.7 Å². The number of hydrogen-bond donors (Lipinski definition) is 2. The predicted molar refractivity (Wildman–Crippen MR) is 113 cm³/mol. The van der Waals surface area contributed by atoms with E-state index in [-0.39, 0.29) is 34.1 Å². The van der Waals surface area contributed by atoms with E-state index in [1.165, 1.54) is 64.8 Å². The van der Waals surface area contributed by atoms with E-state index in [1.54, 1.807) is 0 Å². The van der Waals surface area contributed by atoms with Crippen molar-refractivity contribution in [1.82, 2.24) is 0 Å². The third-order valence-corrected chi connectivity index (χ3v) is 4.49. The second-order valence-electron chi connectivity index (χ2n) is 6.40. The number of methoxy groups -OCH3 is 4. The number of carboxylic acids is 2. The number of hydrogen-bond acceptors (Lipinski definition) is 10. The molecule has 0 aliphatic rings. The van der Waals surface area contributed by atoms with Crippen LogP contribution in [0.4, 0.5) is 0 Å². The maximum absolute atomic E-state index is 12.8. The summed E-state index contributed by atoms with van der Waals surface area (Å²) >= 11 is 0. The number of esters is 2. The molecule has 0 spiro atoms. The van der Waals surface area contributed by atoms with Gasteiger partial charge in [-0.2, -0.15) is 0 Å². The van der Waals surface area contributed by atoms with Gasteiger partial charge in [0.1, 0.15) is 34.1 Å². The molecule has 0 saturated carbocycles. The zero-order valence-corrected chi connectivity index (χ0v) is 18.6. The first-order chi connectivity index (χ1) is 16.2. The highest BCUT2D eigenvalue weighted by Crippen LogP contribution is 2.31. The van der Waals surface area contributed by atoms with Gasteiger partial charge in [0.15, 0.2) is 0 Å². The quantitative estimate of drug-likeness (QED) is 0.449. The maximum atomic E-state index is 12.8. The van der Waals surface area contributed by atoms with Crippen LogP contribution in [-0.2, 0) is 19.1 Å². The Morgan fingerprint density at radius 1 is 0.588 bits per heavy atom. The van der Waals surface area contributed by atoms with E-state index in [0.29, 0.717) is 0 Å². The summed E-state index contributed by atoms with van der Waals surface area (Å²) in [5.41, 5.74) is -0.582. The third-order valence-electron chi connectivity index (χ3n) is 4.49. The van der Waals surface area contributed by atoms with E-state index in [0.717, 1.165) is 0 Å². The highest BCUT2D eigenvalue weighted by molar-refractivity contribution is 5.99. The lowest BCUT2D eigenvalue weighted by Gasteiger charge is -2.22. The largest absolute Gasteiger partial charge is 0.496 e. The summed E-state index contributed by atoms with van der Waals surface area (Å²) < 4.78 is 30.2. The van der Waals surface area contributed by atoms with Crippen molar-refractivity contribution in [2.75, 3.05) is 28.4 Å². The zero-order chi connectivity index (χ0) is 25.4. The van der Waals surface area contributed by atoms with Gasteiger partial charge in [0.2, 0.25) is 12.2 Å². The molecule has 0 radical (unpaired) electrons. The van der Waals surface area contributed by atoms with Gasteiger partial charge in [0, 0.05) is 0 Å². The monoisotopic (exact) mass is 478 g/mol. The topological polar surface area (TPSA) is 164 Å². The second-order valence-corrected chi connectivity index (χ2v) is 6.40. The average Bonchev–Trinajstić information content (AvgIpc) is 2.84. The highest BCUT2D eigenvalue weighted by atomic mass is 16.6. The molecule has 0 saturated heterocycles. The molecule has 12 heteroatoms. The first kappa shape index (κ1) is 25.8. The molecule has 12 nitrogen and oxygen atoms in total. The highest BCUT2D eigenvalue weighted by Gasteiger charge is 2.42. The van der Waals surface area contributed by atoms with Crippen LogP contribution in [0.3, 0.4) is 0 Å². The summed E-state index contributed by atoms with van der Waals surface area (Å²) in [6.07, 6.45) is -4.85. The molecule has 2 aromatic rings. The van der Waals surface area contributed by atoms with E-state index in [4.69, 9.17) is 28.4 Å². The number of carbonyl (C=O) groups excluding carboxylic acids is 2. The van der Waals surface area contributed by atoms with Crippen LogP contribution in [0.2, 0.25) is 0 Å². The van der Waals surface area contributed by atoms with Gasteiger partial charge in [-0.05, 0) is 24.3 Å². The van der Waals surface area contributed by atoms with Crippen LogP contribution in [0.1, 0.15) is 20.7 Å². The Labute approximate surface area is 193 Å². The average molecular weight is 478 g/mol. The van der Waals surface area contributed by atoms with Crippen molar-refractivity contribution in [1.29, 1.82) is 0 Å². The SMILES string of the molecule is COc1cccc(OC)c1C(=O)O[C@@H](C(=O)O)[C@@H](OC(=O)c1c(OC)cccc1OC)C(=O)O. The smallest absolute Gasteiger partial charge is 0.349 e. The van der Waals surface area contributed by atoms with Crippen LogP contribution in [0, 0.1) is 0 Å². The Hall–Kier alpha value is -4.48. The molecular weight excluding hydrogens is 456 g/mol. The van der Waals surface area contributed by atoms with E-state index in [9.17, 15) is 29.4 Å². The van der Waals surface area contributed by atoms with Gasteiger partial charge in [-0.15, -0.1) is 0 Å². The number of carbonyl (C=O) groups is 4. The Bertz CT molecular complexity index is 948. The molecule has 2 N–H and O–H groups in total. The van der Waals surface area contributed by atoms with Crippen molar-refractivity contribution in [3.63, 3.8) is 0 Å². The Morgan fingerprint density at radius 2 is 0.853 bits per heavy atom. The van der Waals surface area contributed by atoms with Crippen molar-refractivity contribution in [3.05, 3.63) is 47.5 Å². The molecular formula is C22H22O12. The molecule has 34 heavy (non-hydrogen) atoms. The van der Waals surface area contributed by atoms with Crippen LogP contribution in [0.25, 0.3) is 0 Å². The molecule has 0 aliphatic carbocycles. The van der Waals surface area contributed by atoms with Gasteiger partial charge in [0.25, 0.3) is 0 Å². The molecule has 2 atom stereocenters. The lowest BCUT2D eigenvalue weighted by Crippen LogP contribution is -2.46. The number of ether oxygens (including phenoxy) is 6.